The van der Waals surface area contributed by atoms with Gasteiger partial charge >= 0.3 is 0 Å². The van der Waals surface area contributed by atoms with Gasteiger partial charge in [-0.15, -0.1) is 0 Å². The maximum Gasteiger partial charge on any atom is 0.0625 e. The molecule has 114 valence electrons. The monoisotopic (exact) mass is 273 g/mol. The van der Waals surface area contributed by atoms with E-state index >= 15 is 0 Å². The van der Waals surface area contributed by atoms with E-state index in [4.69, 9.17) is 14.2 Å². The second-order valence-electron chi connectivity index (χ2n) is 5.44. The number of nitrogens with one attached hydrogen (secondary N) is 1. The first-order chi connectivity index (χ1) is 9.22. The first-order valence-electron chi connectivity index (χ1n) is 7.78. The second-order valence-corrected chi connectivity index (χ2v) is 5.44. The Hall–Kier alpha value is -0.160. The summed E-state index contributed by atoms with van der Waals surface area (Å²) in [5, 5.41) is 3.34. The third kappa shape index (κ3) is 8.58. The molecule has 1 saturated heterocycles. The highest BCUT2D eigenvalue weighted by Crippen LogP contribution is 2.21. The lowest BCUT2D eigenvalue weighted by Gasteiger charge is -2.32. The first-order valence-corrected chi connectivity index (χ1v) is 7.78. The second kappa shape index (κ2) is 10.6. The van der Waals surface area contributed by atoms with E-state index in [0.717, 1.165) is 52.2 Å². The van der Waals surface area contributed by atoms with Crippen LogP contribution in [0.4, 0.5) is 0 Å². The molecule has 0 aliphatic carbocycles. The normalized spacial score (nSPS) is 27.6. The van der Waals surface area contributed by atoms with Crippen molar-refractivity contribution in [2.75, 3.05) is 32.9 Å². The summed E-state index contributed by atoms with van der Waals surface area (Å²) in [7, 11) is 0. The van der Waals surface area contributed by atoms with Crippen LogP contribution in [0.15, 0.2) is 0 Å². The van der Waals surface area contributed by atoms with Crippen LogP contribution in [0.25, 0.3) is 0 Å². The lowest BCUT2D eigenvalue weighted by atomic mass is 10.0. The van der Waals surface area contributed by atoms with E-state index in [-0.39, 0.29) is 0 Å². The van der Waals surface area contributed by atoms with Crippen LogP contribution >= 0.6 is 0 Å². The average molecular weight is 273 g/mol. The van der Waals surface area contributed by atoms with Crippen molar-refractivity contribution in [1.29, 1.82) is 0 Å². The van der Waals surface area contributed by atoms with Gasteiger partial charge in [0, 0.05) is 19.7 Å². The third-order valence-electron chi connectivity index (χ3n) is 3.35. The molecule has 0 aromatic carbocycles. The Bertz CT molecular complexity index is 204. The number of ether oxygens (including phenoxy) is 3. The van der Waals surface area contributed by atoms with Crippen LogP contribution < -0.4 is 5.32 Å². The van der Waals surface area contributed by atoms with Gasteiger partial charge in [0.05, 0.1) is 31.5 Å². The molecule has 1 aliphatic heterocycles. The summed E-state index contributed by atoms with van der Waals surface area (Å²) in [6.07, 6.45) is 5.41. The zero-order valence-electron chi connectivity index (χ0n) is 12.8. The molecule has 0 aromatic heterocycles. The summed E-state index contributed by atoms with van der Waals surface area (Å²) < 4.78 is 17.1. The third-order valence-corrected chi connectivity index (χ3v) is 3.35. The molecular weight excluding hydrogens is 242 g/mol. The fourth-order valence-electron chi connectivity index (χ4n) is 2.40. The van der Waals surface area contributed by atoms with Crippen molar-refractivity contribution in [3.63, 3.8) is 0 Å². The van der Waals surface area contributed by atoms with Crippen molar-refractivity contribution in [3.8, 4) is 0 Å². The van der Waals surface area contributed by atoms with Crippen LogP contribution in [0.5, 0.6) is 0 Å². The average Bonchev–Trinajstić information content (AvgIpc) is 2.36. The molecule has 0 amide bonds. The van der Waals surface area contributed by atoms with Gasteiger partial charge in [-0.1, -0.05) is 13.3 Å². The lowest BCUT2D eigenvalue weighted by molar-refractivity contribution is -0.101. The minimum absolute atomic E-state index is 0.327. The van der Waals surface area contributed by atoms with Crippen molar-refractivity contribution >= 4 is 0 Å². The Morgan fingerprint density at radius 3 is 2.42 bits per heavy atom. The molecule has 1 rings (SSSR count). The van der Waals surface area contributed by atoms with E-state index in [9.17, 15) is 0 Å². The molecule has 2 unspecified atom stereocenters. The Kier molecular flexibility index (Phi) is 9.43. The summed E-state index contributed by atoms with van der Waals surface area (Å²) in [5.41, 5.74) is 0. The van der Waals surface area contributed by atoms with Crippen molar-refractivity contribution in [3.05, 3.63) is 0 Å². The predicted octanol–water partition coefficient (Wildman–Crippen LogP) is 2.37. The fraction of sp³-hybridized carbons (Fsp3) is 1.00. The highest BCUT2D eigenvalue weighted by molar-refractivity contribution is 4.73. The van der Waals surface area contributed by atoms with E-state index in [1.807, 2.05) is 0 Å². The van der Waals surface area contributed by atoms with Gasteiger partial charge < -0.3 is 19.5 Å². The van der Waals surface area contributed by atoms with Crippen LogP contribution in [-0.2, 0) is 14.2 Å². The van der Waals surface area contributed by atoms with Gasteiger partial charge in [0.2, 0.25) is 0 Å². The molecule has 19 heavy (non-hydrogen) atoms. The molecule has 0 aromatic rings. The van der Waals surface area contributed by atoms with E-state index in [1.165, 1.54) is 6.42 Å². The Balaban J connectivity index is 1.87. The molecule has 1 heterocycles. The highest BCUT2D eigenvalue weighted by atomic mass is 16.5. The standard InChI is InChI=1S/C15H31NO3/c1-4-5-8-17-9-6-16-7-10-18-15-11-13(2)19-14(3)12-15/h13-16H,4-12H2,1-3H3. The predicted molar refractivity (Wildman–Crippen MR) is 77.6 cm³/mol. The van der Waals surface area contributed by atoms with E-state index in [2.05, 4.69) is 26.1 Å². The quantitative estimate of drug-likeness (QED) is 0.620. The van der Waals surface area contributed by atoms with Gasteiger partial charge in [-0.25, -0.2) is 0 Å². The van der Waals surface area contributed by atoms with Crippen LogP contribution in [0.3, 0.4) is 0 Å². The summed E-state index contributed by atoms with van der Waals surface area (Å²) >= 11 is 0. The molecule has 4 heteroatoms. The summed E-state index contributed by atoms with van der Waals surface area (Å²) in [4.78, 5) is 0. The SMILES string of the molecule is CCCCOCCNCCOC1CC(C)OC(C)C1. The van der Waals surface area contributed by atoms with Gasteiger partial charge in [-0.2, -0.15) is 0 Å². The molecular formula is C15H31NO3. The van der Waals surface area contributed by atoms with Crippen LogP contribution in [0.1, 0.15) is 46.5 Å². The number of rotatable bonds is 10. The van der Waals surface area contributed by atoms with Gasteiger partial charge in [0.25, 0.3) is 0 Å². The topological polar surface area (TPSA) is 39.7 Å². The largest absolute Gasteiger partial charge is 0.380 e. The Morgan fingerprint density at radius 2 is 1.74 bits per heavy atom. The smallest absolute Gasteiger partial charge is 0.0625 e. The van der Waals surface area contributed by atoms with Gasteiger partial charge in [0.15, 0.2) is 0 Å². The molecule has 0 saturated carbocycles. The van der Waals surface area contributed by atoms with Crippen molar-refractivity contribution in [2.24, 2.45) is 0 Å². The highest BCUT2D eigenvalue weighted by Gasteiger charge is 2.24. The van der Waals surface area contributed by atoms with E-state index in [1.54, 1.807) is 0 Å². The van der Waals surface area contributed by atoms with Crippen LogP contribution in [0, 0.1) is 0 Å². The van der Waals surface area contributed by atoms with E-state index in [0.29, 0.717) is 18.3 Å². The Morgan fingerprint density at radius 1 is 1.05 bits per heavy atom. The summed E-state index contributed by atoms with van der Waals surface area (Å²) in [6, 6.07) is 0. The lowest BCUT2D eigenvalue weighted by Crippen LogP contribution is -2.35. The van der Waals surface area contributed by atoms with Gasteiger partial charge in [-0.3, -0.25) is 0 Å². The van der Waals surface area contributed by atoms with Crippen molar-refractivity contribution < 1.29 is 14.2 Å². The molecule has 0 bridgehead atoms. The minimum Gasteiger partial charge on any atom is -0.380 e. The van der Waals surface area contributed by atoms with Crippen molar-refractivity contribution in [1.82, 2.24) is 5.32 Å². The molecule has 0 radical (unpaired) electrons. The zero-order valence-corrected chi connectivity index (χ0v) is 12.8. The fourth-order valence-corrected chi connectivity index (χ4v) is 2.40. The number of unbranched alkanes of at least 4 members (excludes halogenated alkanes) is 1. The minimum atomic E-state index is 0.327. The Labute approximate surface area is 118 Å². The maximum absolute atomic E-state index is 5.89. The molecule has 4 nitrogen and oxygen atoms in total. The van der Waals surface area contributed by atoms with E-state index < -0.39 is 0 Å². The van der Waals surface area contributed by atoms with Crippen molar-refractivity contribution in [2.45, 2.75) is 64.8 Å². The molecule has 2 atom stereocenters. The number of hydrogen-bond acceptors (Lipinski definition) is 4. The first kappa shape index (κ1) is 16.9. The summed E-state index contributed by atoms with van der Waals surface area (Å²) in [6.45, 7) is 10.7. The van der Waals surface area contributed by atoms with Gasteiger partial charge in [0.1, 0.15) is 0 Å². The molecule has 0 spiro atoms. The summed E-state index contributed by atoms with van der Waals surface area (Å²) in [5.74, 6) is 0. The maximum atomic E-state index is 5.89. The van der Waals surface area contributed by atoms with Gasteiger partial charge in [-0.05, 0) is 33.1 Å². The zero-order chi connectivity index (χ0) is 13.9. The van der Waals surface area contributed by atoms with Crippen LogP contribution in [-0.4, -0.2) is 51.2 Å². The molecule has 1 N–H and O–H groups in total. The number of hydrogen-bond donors (Lipinski definition) is 1. The molecule has 1 fully saturated rings. The van der Waals surface area contributed by atoms with Crippen LogP contribution in [0.2, 0.25) is 0 Å². The molecule has 1 aliphatic rings.